The van der Waals surface area contributed by atoms with Crippen LogP contribution in [0.15, 0.2) is 0 Å². The van der Waals surface area contributed by atoms with Crippen LogP contribution in [0.25, 0.3) is 0 Å². The number of hydrogen-bond acceptors (Lipinski definition) is 4. The molecular weight excluding hydrogens is 248 g/mol. The molecule has 0 aromatic heterocycles. The molecule has 5 heteroatoms. The topological polar surface area (TPSA) is 72.8 Å². The zero-order valence-electron chi connectivity index (χ0n) is 11.8. The van der Waals surface area contributed by atoms with Crippen molar-refractivity contribution < 1.29 is 24.2 Å². The molecule has 0 bridgehead atoms. The third kappa shape index (κ3) is 3.47. The fraction of sp³-hybridized carbons (Fsp3) is 0.857. The Kier molecular flexibility index (Phi) is 6.28. The van der Waals surface area contributed by atoms with Gasteiger partial charge in [-0.05, 0) is 31.6 Å². The molecule has 0 saturated heterocycles. The van der Waals surface area contributed by atoms with E-state index >= 15 is 0 Å². The summed E-state index contributed by atoms with van der Waals surface area (Å²) < 4.78 is 10.1. The molecule has 0 spiro atoms. The summed E-state index contributed by atoms with van der Waals surface area (Å²) in [5, 5.41) is 9.59. The fourth-order valence-electron chi connectivity index (χ4n) is 2.92. The first-order valence-electron chi connectivity index (χ1n) is 6.99. The van der Waals surface area contributed by atoms with Gasteiger partial charge in [-0.2, -0.15) is 0 Å². The number of methoxy groups -OCH3 is 1. The lowest BCUT2D eigenvalue weighted by molar-refractivity contribution is -0.173. The van der Waals surface area contributed by atoms with Crippen molar-refractivity contribution in [3.05, 3.63) is 0 Å². The fourth-order valence-corrected chi connectivity index (χ4v) is 2.92. The molecule has 0 amide bonds. The van der Waals surface area contributed by atoms with Crippen molar-refractivity contribution in [3.8, 4) is 0 Å². The molecule has 110 valence electrons. The lowest BCUT2D eigenvalue weighted by Crippen LogP contribution is -2.46. The van der Waals surface area contributed by atoms with E-state index in [2.05, 4.69) is 0 Å². The lowest BCUT2D eigenvalue weighted by Gasteiger charge is -2.32. The maximum absolute atomic E-state index is 12.1. The summed E-state index contributed by atoms with van der Waals surface area (Å²) in [4.78, 5) is 23.8. The Labute approximate surface area is 114 Å². The second-order valence-corrected chi connectivity index (χ2v) is 5.11. The van der Waals surface area contributed by atoms with Gasteiger partial charge in [-0.15, -0.1) is 0 Å². The number of hydrogen-bond donors (Lipinski definition) is 1. The molecule has 0 aliphatic heterocycles. The molecule has 1 atom stereocenters. The third-order valence-corrected chi connectivity index (χ3v) is 3.97. The predicted octanol–water partition coefficient (Wildman–Crippen LogP) is 2.24. The largest absolute Gasteiger partial charge is 0.480 e. The molecule has 1 N–H and O–H groups in total. The van der Waals surface area contributed by atoms with Crippen LogP contribution >= 0.6 is 0 Å². The van der Waals surface area contributed by atoms with Crippen molar-refractivity contribution in [2.75, 3.05) is 20.3 Å². The van der Waals surface area contributed by atoms with Gasteiger partial charge in [0.15, 0.2) is 5.41 Å². The van der Waals surface area contributed by atoms with Gasteiger partial charge in [0.05, 0.1) is 7.11 Å². The van der Waals surface area contributed by atoms with Gasteiger partial charge < -0.3 is 14.6 Å². The van der Waals surface area contributed by atoms with E-state index in [0.717, 1.165) is 32.1 Å². The number of esters is 1. The standard InChI is InChI=1S/C14H24O5/c1-3-9-19-10-8-14(12(15)16,13(17)18-2)11-6-4-5-7-11/h11H,3-10H2,1-2H3,(H,15,16). The first-order valence-corrected chi connectivity index (χ1v) is 6.99. The minimum Gasteiger partial charge on any atom is -0.480 e. The minimum absolute atomic E-state index is 0.136. The Hall–Kier alpha value is -1.10. The second kappa shape index (κ2) is 7.48. The van der Waals surface area contributed by atoms with Crippen LogP contribution in [0.3, 0.4) is 0 Å². The summed E-state index contributed by atoms with van der Waals surface area (Å²) in [5.74, 6) is -1.85. The summed E-state index contributed by atoms with van der Waals surface area (Å²) >= 11 is 0. The monoisotopic (exact) mass is 272 g/mol. The number of carbonyl (C=O) groups is 2. The van der Waals surface area contributed by atoms with Crippen molar-refractivity contribution in [1.29, 1.82) is 0 Å². The van der Waals surface area contributed by atoms with Gasteiger partial charge in [-0.3, -0.25) is 9.59 Å². The predicted molar refractivity (Wildman–Crippen MR) is 69.8 cm³/mol. The Morgan fingerprint density at radius 1 is 1.26 bits per heavy atom. The smallest absolute Gasteiger partial charge is 0.323 e. The third-order valence-electron chi connectivity index (χ3n) is 3.97. The van der Waals surface area contributed by atoms with Crippen LogP contribution in [0.5, 0.6) is 0 Å². The van der Waals surface area contributed by atoms with Crippen LogP contribution in [0, 0.1) is 11.3 Å². The van der Waals surface area contributed by atoms with Crippen LogP contribution < -0.4 is 0 Å². The van der Waals surface area contributed by atoms with Crippen LogP contribution in [-0.4, -0.2) is 37.4 Å². The molecule has 0 heterocycles. The minimum atomic E-state index is -1.43. The Morgan fingerprint density at radius 3 is 2.37 bits per heavy atom. The number of rotatable bonds is 8. The van der Waals surface area contributed by atoms with Crippen molar-refractivity contribution in [1.82, 2.24) is 0 Å². The van der Waals surface area contributed by atoms with Gasteiger partial charge in [0.2, 0.25) is 0 Å². The number of carboxylic acid groups (broad SMARTS) is 1. The van der Waals surface area contributed by atoms with Crippen molar-refractivity contribution in [3.63, 3.8) is 0 Å². The zero-order valence-corrected chi connectivity index (χ0v) is 11.8. The second-order valence-electron chi connectivity index (χ2n) is 5.11. The highest BCUT2D eigenvalue weighted by molar-refractivity contribution is 5.99. The molecule has 19 heavy (non-hydrogen) atoms. The molecule has 1 unspecified atom stereocenters. The lowest BCUT2D eigenvalue weighted by atomic mass is 9.72. The molecule has 1 aliphatic carbocycles. The Bertz CT molecular complexity index is 309. The Morgan fingerprint density at radius 2 is 1.89 bits per heavy atom. The molecule has 0 aromatic carbocycles. The van der Waals surface area contributed by atoms with E-state index < -0.39 is 17.4 Å². The molecule has 0 aromatic rings. The van der Waals surface area contributed by atoms with E-state index in [1.54, 1.807) is 0 Å². The molecule has 1 rings (SSSR count). The zero-order chi connectivity index (χ0) is 14.3. The average Bonchev–Trinajstić information content (AvgIpc) is 2.92. The number of carboxylic acids is 1. The van der Waals surface area contributed by atoms with E-state index in [-0.39, 0.29) is 18.9 Å². The maximum Gasteiger partial charge on any atom is 0.323 e. The van der Waals surface area contributed by atoms with Gasteiger partial charge >= 0.3 is 11.9 Å². The summed E-state index contributed by atoms with van der Waals surface area (Å²) in [6, 6.07) is 0. The van der Waals surface area contributed by atoms with Crippen molar-refractivity contribution in [2.24, 2.45) is 11.3 Å². The van der Waals surface area contributed by atoms with E-state index in [4.69, 9.17) is 9.47 Å². The Balaban J connectivity index is 2.84. The summed E-state index contributed by atoms with van der Waals surface area (Å²) in [7, 11) is 1.25. The molecule has 0 radical (unpaired) electrons. The highest BCUT2D eigenvalue weighted by Crippen LogP contribution is 2.43. The van der Waals surface area contributed by atoms with Gasteiger partial charge in [0.25, 0.3) is 0 Å². The SMILES string of the molecule is CCCOCCC(C(=O)O)(C(=O)OC)C1CCCC1. The van der Waals surface area contributed by atoms with Crippen LogP contribution in [0.1, 0.15) is 45.4 Å². The van der Waals surface area contributed by atoms with Crippen molar-refractivity contribution >= 4 is 11.9 Å². The summed E-state index contributed by atoms with van der Waals surface area (Å²) in [6.07, 6.45) is 4.57. The number of carbonyl (C=O) groups excluding carboxylic acids is 1. The maximum atomic E-state index is 12.1. The molecule has 5 nitrogen and oxygen atoms in total. The highest BCUT2D eigenvalue weighted by atomic mass is 16.5. The first-order chi connectivity index (χ1) is 9.09. The van der Waals surface area contributed by atoms with Gasteiger partial charge in [0.1, 0.15) is 0 Å². The van der Waals surface area contributed by atoms with Gasteiger partial charge in [-0.1, -0.05) is 19.8 Å². The molecule has 1 aliphatic rings. The van der Waals surface area contributed by atoms with E-state index in [0.29, 0.717) is 6.61 Å². The molecule has 1 saturated carbocycles. The van der Waals surface area contributed by atoms with Gasteiger partial charge in [0, 0.05) is 13.2 Å². The molecule has 1 fully saturated rings. The highest BCUT2D eigenvalue weighted by Gasteiger charge is 2.53. The van der Waals surface area contributed by atoms with Crippen LogP contribution in [0.4, 0.5) is 0 Å². The van der Waals surface area contributed by atoms with Gasteiger partial charge in [-0.25, -0.2) is 0 Å². The number of aliphatic carboxylic acids is 1. The van der Waals surface area contributed by atoms with E-state index in [1.165, 1.54) is 7.11 Å². The normalized spacial score (nSPS) is 19.1. The number of ether oxygens (including phenoxy) is 2. The van der Waals surface area contributed by atoms with Crippen molar-refractivity contribution in [2.45, 2.75) is 45.4 Å². The summed E-state index contributed by atoms with van der Waals surface area (Å²) in [6.45, 7) is 2.86. The van der Waals surface area contributed by atoms with Crippen LogP contribution in [-0.2, 0) is 19.1 Å². The average molecular weight is 272 g/mol. The molecular formula is C14H24O5. The first kappa shape index (κ1) is 16.0. The van der Waals surface area contributed by atoms with E-state index in [9.17, 15) is 14.7 Å². The van der Waals surface area contributed by atoms with E-state index in [1.807, 2.05) is 6.92 Å². The summed E-state index contributed by atoms with van der Waals surface area (Å²) in [5.41, 5.74) is -1.43. The quantitative estimate of drug-likeness (QED) is 0.417. The van der Waals surface area contributed by atoms with Crippen LogP contribution in [0.2, 0.25) is 0 Å².